The Balaban J connectivity index is 1.75. The molecule has 2 rings (SSSR count). The second-order valence-electron chi connectivity index (χ2n) is 10.2. The molecule has 0 amide bonds. The van der Waals surface area contributed by atoms with Crippen LogP contribution in [0.15, 0.2) is 48.5 Å². The molecule has 0 aliphatic rings. The fourth-order valence-electron chi connectivity index (χ4n) is 2.30. The molecule has 0 radical (unpaired) electrons. The molecule has 2 aromatic rings. The summed E-state index contributed by atoms with van der Waals surface area (Å²) in [6, 6.07) is 15.6. The van der Waals surface area contributed by atoms with Crippen LogP contribution in [0.5, 0.6) is 23.0 Å². The Morgan fingerprint density at radius 3 is 1.16 bits per heavy atom. The zero-order chi connectivity index (χ0) is 23.1. The molecule has 0 saturated heterocycles. The average Bonchev–Trinajstić information content (AvgIpc) is 2.72. The lowest BCUT2D eigenvalue weighted by Crippen LogP contribution is -2.24. The Bertz CT molecular complexity index is 723. The van der Waals surface area contributed by atoms with E-state index < -0.39 is 19.5 Å². The molecule has 0 saturated carbocycles. The van der Waals surface area contributed by atoms with Crippen molar-refractivity contribution in [3.8, 4) is 23.0 Å². The third-order valence-electron chi connectivity index (χ3n) is 6.45. The van der Waals surface area contributed by atoms with Gasteiger partial charge in [-0.1, -0.05) is 55.4 Å². The second-order valence-corrected chi connectivity index (χ2v) is 15.0. The molecule has 0 bridgehead atoms. The smallest absolute Gasteiger partial charge is 0.549 e. The van der Waals surface area contributed by atoms with Gasteiger partial charge >= 0.3 is 7.69 Å². The average molecular weight is 459 g/mol. The highest BCUT2D eigenvalue weighted by Crippen LogP contribution is 2.34. The third-order valence-corrected chi connectivity index (χ3v) is 10.5. The Morgan fingerprint density at radius 2 is 0.871 bits per heavy atom. The highest BCUT2D eigenvalue weighted by atomic mass is 28.2. The van der Waals surface area contributed by atoms with Gasteiger partial charge in [0.25, 0.3) is 0 Å². The fourth-order valence-corrected chi connectivity index (χ4v) is 4.43. The van der Waals surface area contributed by atoms with Gasteiger partial charge in [-0.15, -0.1) is 0 Å². The molecule has 0 aliphatic heterocycles. The van der Waals surface area contributed by atoms with Gasteiger partial charge in [-0.2, -0.15) is 0 Å². The molecule has 0 aliphatic carbocycles. The van der Waals surface area contributed by atoms with E-state index in [2.05, 4.69) is 55.4 Å². The normalized spacial score (nSPS) is 12.8. The van der Waals surface area contributed by atoms with Crippen LogP contribution >= 0.6 is 0 Å². The molecule has 4 nitrogen and oxygen atoms in total. The van der Waals surface area contributed by atoms with Crippen LogP contribution in [-0.2, 0) is 0 Å². The lowest BCUT2D eigenvalue weighted by Gasteiger charge is -2.28. The first-order valence-electron chi connectivity index (χ1n) is 11.2. The van der Waals surface area contributed by atoms with Gasteiger partial charge in [-0.05, 0) is 70.4 Å². The van der Waals surface area contributed by atoms with Crippen LogP contribution in [0.3, 0.4) is 0 Å². The molecule has 0 atom stereocenters. The molecule has 7 heteroatoms. The van der Waals surface area contributed by atoms with Crippen molar-refractivity contribution in [3.05, 3.63) is 48.5 Å². The molecular formula is C24H39BO4Si2. The molecule has 2 aromatic carbocycles. The van der Waals surface area contributed by atoms with Crippen LogP contribution in [0.1, 0.15) is 55.4 Å². The standard InChI is InChI=1S/C24H39BO4Si2/c1-17(2)23(5,6)30-28-21-13-9-19(10-14-21)26-25-27-20-11-15-22(16-12-20)29-31-24(7,8)18(3)4/h9-18,25H,30-31H2,1-8H3. The van der Waals surface area contributed by atoms with E-state index in [0.717, 1.165) is 23.0 Å². The number of rotatable bonds is 12. The van der Waals surface area contributed by atoms with Gasteiger partial charge in [0.15, 0.2) is 0 Å². The highest BCUT2D eigenvalue weighted by molar-refractivity contribution is 6.33. The van der Waals surface area contributed by atoms with E-state index in [1.165, 1.54) is 0 Å². The minimum atomic E-state index is -0.663. The van der Waals surface area contributed by atoms with Gasteiger partial charge < -0.3 is 18.2 Å². The zero-order valence-electron chi connectivity index (χ0n) is 20.5. The number of hydrogen-bond donors (Lipinski definition) is 0. The van der Waals surface area contributed by atoms with Crippen molar-refractivity contribution < 1.29 is 18.2 Å². The summed E-state index contributed by atoms with van der Waals surface area (Å²) in [5.41, 5.74) is 0. The minimum Gasteiger partial charge on any atom is -0.549 e. The largest absolute Gasteiger partial charge is 0.576 e. The summed E-state index contributed by atoms with van der Waals surface area (Å²) in [7, 11) is -1.17. The van der Waals surface area contributed by atoms with Crippen LogP contribution in [0, 0.1) is 11.8 Å². The molecule has 0 N–H and O–H groups in total. The zero-order valence-corrected chi connectivity index (χ0v) is 23.4. The van der Waals surface area contributed by atoms with Crippen molar-refractivity contribution in [1.29, 1.82) is 0 Å². The van der Waals surface area contributed by atoms with Crippen molar-refractivity contribution in [3.63, 3.8) is 0 Å². The summed E-state index contributed by atoms with van der Waals surface area (Å²) < 4.78 is 23.6. The van der Waals surface area contributed by atoms with Crippen LogP contribution < -0.4 is 18.2 Å². The summed E-state index contributed by atoms with van der Waals surface area (Å²) in [5, 5.41) is 0.548. The maximum atomic E-state index is 6.07. The lowest BCUT2D eigenvalue weighted by molar-refractivity contribution is 0.427. The van der Waals surface area contributed by atoms with Crippen LogP contribution in [-0.4, -0.2) is 27.2 Å². The lowest BCUT2D eigenvalue weighted by atomic mass is 9.99. The monoisotopic (exact) mass is 458 g/mol. The Morgan fingerprint density at radius 1 is 0.581 bits per heavy atom. The first-order chi connectivity index (χ1) is 14.5. The Labute approximate surface area is 194 Å². The molecule has 0 fully saturated rings. The second kappa shape index (κ2) is 11.1. The van der Waals surface area contributed by atoms with Crippen molar-refractivity contribution in [2.24, 2.45) is 11.8 Å². The van der Waals surface area contributed by atoms with Gasteiger partial charge in [0.05, 0.1) is 0 Å². The summed E-state index contributed by atoms with van der Waals surface area (Å²) in [4.78, 5) is 0. The Hall–Kier alpha value is -1.86. The van der Waals surface area contributed by atoms with E-state index in [4.69, 9.17) is 18.2 Å². The minimum absolute atomic E-state index is 0.157. The summed E-state index contributed by atoms with van der Waals surface area (Å²) >= 11 is 0. The van der Waals surface area contributed by atoms with Crippen molar-refractivity contribution in [2.45, 2.75) is 65.5 Å². The quantitative estimate of drug-likeness (QED) is 0.418. The van der Waals surface area contributed by atoms with E-state index in [1.807, 2.05) is 48.5 Å². The van der Waals surface area contributed by atoms with E-state index in [0.29, 0.717) is 11.8 Å². The number of benzene rings is 2. The van der Waals surface area contributed by atoms with E-state index >= 15 is 0 Å². The van der Waals surface area contributed by atoms with Crippen molar-refractivity contribution in [1.82, 2.24) is 0 Å². The first kappa shape index (κ1) is 25.4. The van der Waals surface area contributed by atoms with Crippen molar-refractivity contribution in [2.75, 3.05) is 0 Å². The van der Waals surface area contributed by atoms with Crippen molar-refractivity contribution >= 4 is 27.2 Å². The molecule has 0 spiro atoms. The van der Waals surface area contributed by atoms with E-state index in [-0.39, 0.29) is 17.8 Å². The summed E-state index contributed by atoms with van der Waals surface area (Å²) in [6.07, 6.45) is 0. The summed E-state index contributed by atoms with van der Waals surface area (Å²) in [6.45, 7) is 18.1. The van der Waals surface area contributed by atoms with Gasteiger partial charge in [-0.3, -0.25) is 0 Å². The van der Waals surface area contributed by atoms with Gasteiger partial charge in [0.2, 0.25) is 19.5 Å². The summed E-state index contributed by atoms with van der Waals surface area (Å²) in [5.74, 6) is 4.59. The fraction of sp³-hybridized carbons (Fsp3) is 0.500. The van der Waals surface area contributed by atoms with Crippen LogP contribution in [0.4, 0.5) is 0 Å². The predicted molar refractivity (Wildman–Crippen MR) is 137 cm³/mol. The SMILES string of the molecule is CC(C)C(C)(C)[SiH2]Oc1ccc(OBOc2ccc(O[SiH2]C(C)(C)C(C)C)cc2)cc1. The predicted octanol–water partition coefficient (Wildman–Crippen LogP) is 5.05. The van der Waals surface area contributed by atoms with Gasteiger partial charge in [-0.25, -0.2) is 0 Å². The Kier molecular flexibility index (Phi) is 9.12. The number of hydrogen-bond acceptors (Lipinski definition) is 4. The maximum absolute atomic E-state index is 6.07. The van der Waals surface area contributed by atoms with E-state index in [9.17, 15) is 0 Å². The third kappa shape index (κ3) is 8.30. The molecule has 0 heterocycles. The highest BCUT2D eigenvalue weighted by Gasteiger charge is 2.25. The van der Waals surface area contributed by atoms with Gasteiger partial charge in [0.1, 0.15) is 23.0 Å². The van der Waals surface area contributed by atoms with Gasteiger partial charge in [0, 0.05) is 0 Å². The van der Waals surface area contributed by atoms with Crippen LogP contribution in [0.25, 0.3) is 0 Å². The topological polar surface area (TPSA) is 36.9 Å². The molecule has 0 unspecified atom stereocenters. The molecular weight excluding hydrogens is 419 g/mol. The van der Waals surface area contributed by atoms with E-state index in [1.54, 1.807) is 0 Å². The maximum Gasteiger partial charge on any atom is 0.576 e. The molecule has 31 heavy (non-hydrogen) atoms. The molecule has 0 aromatic heterocycles. The first-order valence-corrected chi connectivity index (χ1v) is 13.8. The van der Waals surface area contributed by atoms with Crippen LogP contribution in [0.2, 0.25) is 10.1 Å². The molecule has 170 valence electrons.